The van der Waals surface area contributed by atoms with E-state index in [2.05, 4.69) is 15.7 Å². The molecule has 5 rings (SSSR count). The van der Waals surface area contributed by atoms with E-state index in [9.17, 15) is 18.0 Å². The zero-order valence-corrected chi connectivity index (χ0v) is 20.8. The minimum atomic E-state index is -4.52. The van der Waals surface area contributed by atoms with Crippen LogP contribution >= 0.6 is 23.2 Å². The summed E-state index contributed by atoms with van der Waals surface area (Å²) in [5.41, 5.74) is 3.34. The Balaban J connectivity index is 1.33. The van der Waals surface area contributed by atoms with E-state index in [0.29, 0.717) is 15.6 Å². The molecule has 37 heavy (non-hydrogen) atoms. The zero-order chi connectivity index (χ0) is 26.2. The van der Waals surface area contributed by atoms with Gasteiger partial charge >= 0.3 is 6.18 Å². The van der Waals surface area contributed by atoms with Gasteiger partial charge in [0.25, 0.3) is 5.91 Å². The molecule has 2 atom stereocenters. The monoisotopic (exact) mass is 544 g/mol. The van der Waals surface area contributed by atoms with E-state index >= 15 is 0 Å². The van der Waals surface area contributed by atoms with Gasteiger partial charge in [0.15, 0.2) is 6.04 Å². The molecule has 2 heterocycles. The lowest BCUT2D eigenvalue weighted by atomic mass is 9.96. The first-order chi connectivity index (χ1) is 17.7. The quantitative estimate of drug-likeness (QED) is 0.274. The Bertz CT molecular complexity index is 1400. The third-order valence-corrected chi connectivity index (χ3v) is 6.72. The number of rotatable bonds is 5. The van der Waals surface area contributed by atoms with Crippen LogP contribution in [0.25, 0.3) is 11.1 Å². The molecule has 0 saturated heterocycles. The highest BCUT2D eigenvalue weighted by molar-refractivity contribution is 6.35. The van der Waals surface area contributed by atoms with E-state index in [1.807, 2.05) is 24.3 Å². The number of carbonyl (C=O) groups excluding carboxylic acids is 1. The highest BCUT2D eigenvalue weighted by Gasteiger charge is 2.47. The maximum absolute atomic E-state index is 13.9. The van der Waals surface area contributed by atoms with Crippen molar-refractivity contribution in [3.63, 3.8) is 0 Å². The summed E-state index contributed by atoms with van der Waals surface area (Å²) in [5, 5.41) is 10.9. The predicted molar refractivity (Wildman–Crippen MR) is 138 cm³/mol. The number of anilines is 1. The number of hydrogen-bond donors (Lipinski definition) is 2. The van der Waals surface area contributed by atoms with E-state index in [1.54, 1.807) is 48.5 Å². The van der Waals surface area contributed by atoms with Gasteiger partial charge in [-0.1, -0.05) is 77.8 Å². The lowest BCUT2D eigenvalue weighted by molar-refractivity contribution is -0.173. The highest BCUT2D eigenvalue weighted by atomic mass is 35.5. The van der Waals surface area contributed by atoms with Crippen molar-refractivity contribution in [2.24, 2.45) is 0 Å². The fourth-order valence-electron chi connectivity index (χ4n) is 4.45. The van der Waals surface area contributed by atoms with Crippen molar-refractivity contribution < 1.29 is 18.0 Å². The van der Waals surface area contributed by atoms with Crippen LogP contribution in [-0.4, -0.2) is 21.9 Å². The first-order valence-corrected chi connectivity index (χ1v) is 12.2. The molecule has 190 valence electrons. The predicted octanol–water partition coefficient (Wildman–Crippen LogP) is 7.45. The van der Waals surface area contributed by atoms with Crippen LogP contribution in [0.5, 0.6) is 0 Å². The van der Waals surface area contributed by atoms with Crippen LogP contribution in [0.1, 0.15) is 40.0 Å². The van der Waals surface area contributed by atoms with Gasteiger partial charge in [-0.2, -0.15) is 18.3 Å². The SMILES string of the molecule is O=C(NCc1ccc(-c2cc(Cl)cc(Cl)c2)cc1)c1cnn2c1NC(c1ccccc1)CC2C(F)(F)F. The number of aromatic nitrogens is 2. The van der Waals surface area contributed by atoms with Crippen LogP contribution < -0.4 is 10.6 Å². The average Bonchev–Trinajstić information content (AvgIpc) is 3.30. The molecule has 1 amide bonds. The molecule has 0 aliphatic carbocycles. The number of nitrogens with zero attached hydrogens (tertiary/aromatic N) is 2. The number of hydrogen-bond acceptors (Lipinski definition) is 3. The molecule has 3 aromatic carbocycles. The van der Waals surface area contributed by atoms with Gasteiger partial charge in [0.1, 0.15) is 11.4 Å². The lowest BCUT2D eigenvalue weighted by Gasteiger charge is -2.34. The summed E-state index contributed by atoms with van der Waals surface area (Å²) in [6.07, 6.45) is -3.57. The largest absolute Gasteiger partial charge is 0.410 e. The minimum Gasteiger partial charge on any atom is -0.363 e. The first kappa shape index (κ1) is 25.2. The Morgan fingerprint density at radius 3 is 2.32 bits per heavy atom. The van der Waals surface area contributed by atoms with Crippen molar-refractivity contribution in [2.45, 2.75) is 31.2 Å². The van der Waals surface area contributed by atoms with E-state index in [0.717, 1.165) is 21.4 Å². The van der Waals surface area contributed by atoms with Gasteiger partial charge in [-0.15, -0.1) is 0 Å². The molecule has 10 heteroatoms. The van der Waals surface area contributed by atoms with E-state index < -0.39 is 24.2 Å². The van der Waals surface area contributed by atoms with Crippen LogP contribution in [0.3, 0.4) is 0 Å². The van der Waals surface area contributed by atoms with Gasteiger partial charge in [-0.3, -0.25) is 4.79 Å². The molecule has 0 bridgehead atoms. The van der Waals surface area contributed by atoms with Crippen molar-refractivity contribution >= 4 is 34.9 Å². The number of alkyl halides is 3. The van der Waals surface area contributed by atoms with Gasteiger partial charge in [0.2, 0.25) is 0 Å². The molecule has 2 N–H and O–H groups in total. The fraction of sp³-hybridized carbons (Fsp3) is 0.185. The van der Waals surface area contributed by atoms with Crippen LogP contribution in [0.15, 0.2) is 79.0 Å². The Kier molecular flexibility index (Phi) is 6.88. The van der Waals surface area contributed by atoms with Crippen LogP contribution in [0.4, 0.5) is 19.0 Å². The summed E-state index contributed by atoms with van der Waals surface area (Å²) < 4.78 is 42.5. The Morgan fingerprint density at radius 1 is 1.00 bits per heavy atom. The number of fused-ring (bicyclic) bond motifs is 1. The molecule has 1 aliphatic rings. The average molecular weight is 545 g/mol. The molecule has 0 saturated carbocycles. The second-order valence-electron chi connectivity index (χ2n) is 8.79. The number of carbonyl (C=O) groups is 1. The molecule has 0 spiro atoms. The molecule has 1 aliphatic heterocycles. The number of halogens is 5. The molecule has 4 aromatic rings. The molecule has 5 nitrogen and oxygen atoms in total. The third-order valence-electron chi connectivity index (χ3n) is 6.29. The van der Waals surface area contributed by atoms with Gasteiger partial charge in [0, 0.05) is 23.0 Å². The van der Waals surface area contributed by atoms with Crippen LogP contribution in [0.2, 0.25) is 10.0 Å². The van der Waals surface area contributed by atoms with Crippen molar-refractivity contribution in [1.29, 1.82) is 0 Å². The standard InChI is InChI=1S/C27H21Cl2F3N4O/c28-20-10-19(11-21(29)12-20)17-8-6-16(7-9-17)14-33-26(37)22-15-34-36-24(27(30,31)32)13-23(35-25(22)36)18-4-2-1-3-5-18/h1-12,15,23-24,35H,13-14H2,(H,33,37). The summed E-state index contributed by atoms with van der Waals surface area (Å²) in [5.74, 6) is -0.470. The van der Waals surface area contributed by atoms with Crippen molar-refractivity contribution in [1.82, 2.24) is 15.1 Å². The van der Waals surface area contributed by atoms with Crippen molar-refractivity contribution in [2.75, 3.05) is 5.32 Å². The Labute approximate surface area is 221 Å². The molecule has 1 aromatic heterocycles. The smallest absolute Gasteiger partial charge is 0.363 e. The maximum Gasteiger partial charge on any atom is 0.410 e. The van der Waals surface area contributed by atoms with E-state index in [-0.39, 0.29) is 24.3 Å². The summed E-state index contributed by atoms with van der Waals surface area (Å²) in [6.45, 7) is 0.185. The third kappa shape index (κ3) is 5.45. The van der Waals surface area contributed by atoms with Crippen LogP contribution in [0, 0.1) is 0 Å². The number of benzene rings is 3. The van der Waals surface area contributed by atoms with Gasteiger partial charge in [-0.25, -0.2) is 4.68 Å². The summed E-state index contributed by atoms with van der Waals surface area (Å²) in [6, 6.07) is 19.1. The number of amides is 1. The van der Waals surface area contributed by atoms with E-state index in [4.69, 9.17) is 23.2 Å². The second-order valence-corrected chi connectivity index (χ2v) is 9.66. The Hall–Kier alpha value is -3.49. The minimum absolute atomic E-state index is 0.0492. The first-order valence-electron chi connectivity index (χ1n) is 11.5. The molecular weight excluding hydrogens is 524 g/mol. The molecule has 0 radical (unpaired) electrons. The summed E-state index contributed by atoms with van der Waals surface area (Å²) in [4.78, 5) is 13.0. The van der Waals surface area contributed by atoms with E-state index in [1.165, 1.54) is 6.20 Å². The maximum atomic E-state index is 13.9. The Morgan fingerprint density at radius 2 is 1.68 bits per heavy atom. The topological polar surface area (TPSA) is 59.0 Å². The molecular formula is C27H21Cl2F3N4O. The number of nitrogens with one attached hydrogen (secondary N) is 2. The van der Waals surface area contributed by atoms with Crippen LogP contribution in [-0.2, 0) is 6.54 Å². The molecule has 0 fully saturated rings. The van der Waals surface area contributed by atoms with Gasteiger partial charge < -0.3 is 10.6 Å². The second kappa shape index (κ2) is 10.1. The zero-order valence-electron chi connectivity index (χ0n) is 19.3. The highest BCUT2D eigenvalue weighted by Crippen LogP contribution is 2.44. The van der Waals surface area contributed by atoms with Crippen molar-refractivity contribution in [3.8, 4) is 11.1 Å². The summed E-state index contributed by atoms with van der Waals surface area (Å²) >= 11 is 12.2. The molecule has 2 unspecified atom stereocenters. The van der Waals surface area contributed by atoms with Crippen molar-refractivity contribution in [3.05, 3.63) is 106 Å². The van der Waals surface area contributed by atoms with Gasteiger partial charge in [-0.05, 0) is 40.5 Å². The summed E-state index contributed by atoms with van der Waals surface area (Å²) in [7, 11) is 0. The fourth-order valence-corrected chi connectivity index (χ4v) is 4.97. The normalized spacial score (nSPS) is 17.1. The van der Waals surface area contributed by atoms with Gasteiger partial charge in [0.05, 0.1) is 12.2 Å². The lowest BCUT2D eigenvalue weighted by Crippen LogP contribution is -2.36.